The fourth-order valence-electron chi connectivity index (χ4n) is 3.18. The number of nitrogens with one attached hydrogen (secondary N) is 1. The molecule has 1 aliphatic carbocycles. The highest BCUT2D eigenvalue weighted by Crippen LogP contribution is 2.45. The summed E-state index contributed by atoms with van der Waals surface area (Å²) in [4.78, 5) is 0. The monoisotopic (exact) mass is 229 g/mol. The molecule has 1 aromatic carbocycles. The molecule has 1 heterocycles. The van der Waals surface area contributed by atoms with Crippen molar-refractivity contribution in [1.29, 1.82) is 0 Å². The van der Waals surface area contributed by atoms with Crippen molar-refractivity contribution in [2.75, 3.05) is 6.54 Å². The first-order valence-corrected chi connectivity index (χ1v) is 6.92. The molecule has 0 spiro atoms. The van der Waals surface area contributed by atoms with Crippen molar-refractivity contribution in [2.24, 2.45) is 5.41 Å². The van der Waals surface area contributed by atoms with E-state index in [0.29, 0.717) is 11.5 Å². The van der Waals surface area contributed by atoms with E-state index in [2.05, 4.69) is 44.3 Å². The SMILES string of the molecule is CC(C)(C)C1NCCc2c(C3CC3)cccc21. The first kappa shape index (κ1) is 11.3. The van der Waals surface area contributed by atoms with Crippen LogP contribution >= 0.6 is 0 Å². The van der Waals surface area contributed by atoms with Crippen LogP contribution in [-0.4, -0.2) is 6.54 Å². The number of hydrogen-bond donors (Lipinski definition) is 1. The van der Waals surface area contributed by atoms with Gasteiger partial charge in [0.25, 0.3) is 0 Å². The van der Waals surface area contributed by atoms with Gasteiger partial charge in [-0.3, -0.25) is 0 Å². The molecular weight excluding hydrogens is 206 g/mol. The number of fused-ring (bicyclic) bond motifs is 1. The van der Waals surface area contributed by atoms with Gasteiger partial charge in [-0.1, -0.05) is 39.0 Å². The zero-order valence-electron chi connectivity index (χ0n) is 11.2. The van der Waals surface area contributed by atoms with Crippen LogP contribution in [-0.2, 0) is 6.42 Å². The van der Waals surface area contributed by atoms with Gasteiger partial charge >= 0.3 is 0 Å². The summed E-state index contributed by atoms with van der Waals surface area (Å²) in [5, 5.41) is 3.70. The lowest BCUT2D eigenvalue weighted by Crippen LogP contribution is -2.38. The Morgan fingerprint density at radius 3 is 2.47 bits per heavy atom. The highest BCUT2D eigenvalue weighted by atomic mass is 14.9. The fraction of sp³-hybridized carbons (Fsp3) is 0.625. The lowest BCUT2D eigenvalue weighted by atomic mass is 9.77. The van der Waals surface area contributed by atoms with E-state index in [0.717, 1.165) is 12.5 Å². The molecule has 2 aliphatic rings. The molecule has 17 heavy (non-hydrogen) atoms. The summed E-state index contributed by atoms with van der Waals surface area (Å²) in [6, 6.07) is 7.48. The molecule has 1 N–H and O–H groups in total. The maximum Gasteiger partial charge on any atom is 0.0372 e. The lowest BCUT2D eigenvalue weighted by molar-refractivity contribution is 0.263. The van der Waals surface area contributed by atoms with E-state index in [9.17, 15) is 0 Å². The molecule has 1 nitrogen and oxygen atoms in total. The summed E-state index contributed by atoms with van der Waals surface area (Å²) < 4.78 is 0. The molecular formula is C16H23N. The van der Waals surface area contributed by atoms with Gasteiger partial charge in [0, 0.05) is 6.04 Å². The lowest BCUT2D eigenvalue weighted by Gasteiger charge is -2.37. The summed E-state index contributed by atoms with van der Waals surface area (Å²) >= 11 is 0. The van der Waals surface area contributed by atoms with Crippen LogP contribution in [0.25, 0.3) is 0 Å². The smallest absolute Gasteiger partial charge is 0.0372 e. The third kappa shape index (κ3) is 2.01. The second-order valence-corrected chi connectivity index (χ2v) is 6.69. The van der Waals surface area contributed by atoms with Gasteiger partial charge in [-0.15, -0.1) is 0 Å². The van der Waals surface area contributed by atoms with Crippen molar-refractivity contribution in [3.05, 3.63) is 34.9 Å². The normalized spacial score (nSPS) is 24.5. The minimum atomic E-state index is 0.303. The fourth-order valence-corrected chi connectivity index (χ4v) is 3.18. The Kier molecular flexibility index (Phi) is 2.55. The summed E-state index contributed by atoms with van der Waals surface area (Å²) in [6.45, 7) is 8.15. The molecule has 3 rings (SSSR count). The molecule has 1 aliphatic heterocycles. The molecule has 92 valence electrons. The largest absolute Gasteiger partial charge is 0.309 e. The van der Waals surface area contributed by atoms with E-state index in [1.54, 1.807) is 16.7 Å². The van der Waals surface area contributed by atoms with Crippen LogP contribution in [0, 0.1) is 5.41 Å². The Morgan fingerprint density at radius 2 is 1.82 bits per heavy atom. The average Bonchev–Trinajstić information content (AvgIpc) is 3.10. The maximum atomic E-state index is 3.70. The molecule has 1 fully saturated rings. The molecule has 1 atom stereocenters. The molecule has 0 radical (unpaired) electrons. The van der Waals surface area contributed by atoms with Crippen LogP contribution in [0.2, 0.25) is 0 Å². The van der Waals surface area contributed by atoms with E-state index in [-0.39, 0.29) is 0 Å². The van der Waals surface area contributed by atoms with E-state index < -0.39 is 0 Å². The average molecular weight is 229 g/mol. The third-order valence-corrected chi connectivity index (χ3v) is 4.17. The third-order valence-electron chi connectivity index (χ3n) is 4.17. The van der Waals surface area contributed by atoms with Gasteiger partial charge in [0.15, 0.2) is 0 Å². The second-order valence-electron chi connectivity index (χ2n) is 6.69. The van der Waals surface area contributed by atoms with Crippen LogP contribution in [0.15, 0.2) is 18.2 Å². The minimum Gasteiger partial charge on any atom is -0.309 e. The zero-order chi connectivity index (χ0) is 12.0. The van der Waals surface area contributed by atoms with Crippen LogP contribution in [0.1, 0.15) is 62.3 Å². The summed E-state index contributed by atoms with van der Waals surface area (Å²) in [7, 11) is 0. The number of benzene rings is 1. The van der Waals surface area contributed by atoms with Crippen LogP contribution in [0.5, 0.6) is 0 Å². The van der Waals surface area contributed by atoms with Crippen LogP contribution in [0.4, 0.5) is 0 Å². The number of rotatable bonds is 1. The van der Waals surface area contributed by atoms with Crippen molar-refractivity contribution < 1.29 is 0 Å². The molecule has 0 bridgehead atoms. The first-order valence-electron chi connectivity index (χ1n) is 6.92. The Balaban J connectivity index is 2.05. The standard InChI is InChI=1S/C16H23N/c1-16(2,3)15-14-6-4-5-12(11-7-8-11)13(14)9-10-17-15/h4-6,11,15,17H,7-10H2,1-3H3. The van der Waals surface area contributed by atoms with E-state index in [1.807, 2.05) is 0 Å². The quantitative estimate of drug-likeness (QED) is 0.772. The highest BCUT2D eigenvalue weighted by Gasteiger charge is 2.33. The molecule has 0 aromatic heterocycles. The zero-order valence-corrected chi connectivity index (χ0v) is 11.2. The first-order chi connectivity index (χ1) is 8.07. The predicted molar refractivity (Wildman–Crippen MR) is 72.3 cm³/mol. The molecule has 1 unspecified atom stereocenters. The van der Waals surface area contributed by atoms with Gasteiger partial charge in [-0.2, -0.15) is 0 Å². The predicted octanol–water partition coefficient (Wildman–Crippen LogP) is 3.80. The molecule has 1 saturated carbocycles. The minimum absolute atomic E-state index is 0.303. The van der Waals surface area contributed by atoms with Crippen LogP contribution in [0.3, 0.4) is 0 Å². The van der Waals surface area contributed by atoms with Gasteiger partial charge in [0.05, 0.1) is 0 Å². The van der Waals surface area contributed by atoms with Gasteiger partial charge < -0.3 is 5.32 Å². The van der Waals surface area contributed by atoms with Crippen LogP contribution < -0.4 is 5.32 Å². The maximum absolute atomic E-state index is 3.70. The highest BCUT2D eigenvalue weighted by molar-refractivity contribution is 5.43. The van der Waals surface area contributed by atoms with Gasteiger partial charge in [0.2, 0.25) is 0 Å². The van der Waals surface area contributed by atoms with Gasteiger partial charge in [0.1, 0.15) is 0 Å². The Labute approximate surface area is 105 Å². The molecule has 0 amide bonds. The Bertz CT molecular complexity index is 424. The van der Waals surface area contributed by atoms with E-state index in [4.69, 9.17) is 0 Å². The van der Waals surface area contributed by atoms with Crippen molar-refractivity contribution in [1.82, 2.24) is 5.32 Å². The Morgan fingerprint density at radius 1 is 1.12 bits per heavy atom. The molecule has 0 saturated heterocycles. The number of hydrogen-bond acceptors (Lipinski definition) is 1. The van der Waals surface area contributed by atoms with Gasteiger partial charge in [-0.25, -0.2) is 0 Å². The summed E-state index contributed by atoms with van der Waals surface area (Å²) in [5.74, 6) is 0.878. The summed E-state index contributed by atoms with van der Waals surface area (Å²) in [5.41, 5.74) is 5.18. The Hall–Kier alpha value is -0.820. The van der Waals surface area contributed by atoms with Crippen molar-refractivity contribution >= 4 is 0 Å². The van der Waals surface area contributed by atoms with E-state index >= 15 is 0 Å². The van der Waals surface area contributed by atoms with E-state index in [1.165, 1.54) is 19.3 Å². The molecule has 1 heteroatoms. The van der Waals surface area contributed by atoms with Crippen molar-refractivity contribution in [2.45, 2.75) is 52.0 Å². The summed E-state index contributed by atoms with van der Waals surface area (Å²) in [6.07, 6.45) is 4.03. The van der Waals surface area contributed by atoms with Crippen molar-refractivity contribution in [3.63, 3.8) is 0 Å². The second kappa shape index (κ2) is 3.84. The topological polar surface area (TPSA) is 12.0 Å². The van der Waals surface area contributed by atoms with Gasteiger partial charge in [-0.05, 0) is 53.8 Å². The molecule has 1 aromatic rings. The van der Waals surface area contributed by atoms with Crippen molar-refractivity contribution in [3.8, 4) is 0 Å².